The molecule has 0 spiro atoms. The number of benzene rings is 3. The Morgan fingerprint density at radius 1 is 0.733 bits per heavy atom. The molecular weight excluding hydrogens is 578 g/mol. The first kappa shape index (κ1) is 31.4. The van der Waals surface area contributed by atoms with Gasteiger partial charge in [-0.05, 0) is 41.3 Å². The molecule has 0 aliphatic heterocycles. The number of esters is 2. The number of ether oxygens (including phenoxy) is 4. The lowest BCUT2D eigenvalue weighted by molar-refractivity contribution is -0.200. The van der Waals surface area contributed by atoms with Gasteiger partial charge in [-0.15, -0.1) is 0 Å². The van der Waals surface area contributed by atoms with Gasteiger partial charge in [0.15, 0.2) is 0 Å². The van der Waals surface area contributed by atoms with Gasteiger partial charge in [-0.2, -0.15) is 0 Å². The highest BCUT2D eigenvalue weighted by Gasteiger charge is 2.71. The molecule has 2 N–H and O–H groups in total. The average molecular weight is 612 g/mol. The van der Waals surface area contributed by atoms with Gasteiger partial charge in [0.25, 0.3) is 0 Å². The first-order valence-corrected chi connectivity index (χ1v) is 14.4. The zero-order valence-electron chi connectivity index (χ0n) is 24.7. The molecule has 3 aromatic rings. The molecule has 0 saturated heterocycles. The first-order valence-electron chi connectivity index (χ1n) is 14.4. The Hall–Kier alpha value is -5.06. The average Bonchev–Trinajstić information content (AvgIpc) is 3.05. The van der Waals surface area contributed by atoms with Crippen molar-refractivity contribution < 1.29 is 43.2 Å². The minimum Gasteiger partial charge on any atom is -0.481 e. The number of carbonyl (C=O) groups is 4. The van der Waals surface area contributed by atoms with E-state index in [4.69, 9.17) is 18.9 Å². The van der Waals surface area contributed by atoms with Crippen LogP contribution in [0, 0.1) is 18.8 Å². The van der Waals surface area contributed by atoms with E-state index in [1.54, 1.807) is 54.6 Å². The van der Waals surface area contributed by atoms with Crippen molar-refractivity contribution in [2.24, 2.45) is 11.8 Å². The molecule has 1 amide bonds. The van der Waals surface area contributed by atoms with E-state index in [0.29, 0.717) is 27.9 Å². The van der Waals surface area contributed by atoms with Crippen LogP contribution in [0.1, 0.15) is 27.8 Å². The van der Waals surface area contributed by atoms with E-state index in [-0.39, 0.29) is 26.4 Å². The van der Waals surface area contributed by atoms with E-state index in [1.807, 2.05) is 25.1 Å². The Bertz CT molecular complexity index is 1650. The van der Waals surface area contributed by atoms with Gasteiger partial charge >= 0.3 is 17.9 Å². The van der Waals surface area contributed by atoms with Crippen molar-refractivity contribution in [3.63, 3.8) is 0 Å². The summed E-state index contributed by atoms with van der Waals surface area (Å²) in [5, 5.41) is 13.9. The van der Waals surface area contributed by atoms with Crippen LogP contribution in [-0.4, -0.2) is 55.3 Å². The van der Waals surface area contributed by atoms with Crippen molar-refractivity contribution in [2.45, 2.75) is 18.1 Å². The van der Waals surface area contributed by atoms with E-state index < -0.39 is 46.9 Å². The van der Waals surface area contributed by atoms with Crippen LogP contribution in [0.4, 0.5) is 5.69 Å². The number of carboxylic acid groups (broad SMARTS) is 1. The molecule has 232 valence electrons. The fourth-order valence-corrected chi connectivity index (χ4v) is 6.54. The van der Waals surface area contributed by atoms with Gasteiger partial charge in [-0.3, -0.25) is 9.59 Å². The number of carbonyl (C=O) groups excluding carboxylic acids is 3. The number of aliphatic carboxylic acids is 1. The van der Waals surface area contributed by atoms with Gasteiger partial charge < -0.3 is 29.4 Å². The number of rotatable bonds is 13. The lowest BCUT2D eigenvalue weighted by Crippen LogP contribution is -2.67. The Balaban J connectivity index is 1.74. The number of aryl methyl sites for hydroxylation is 1. The maximum absolute atomic E-state index is 14.5. The summed E-state index contributed by atoms with van der Waals surface area (Å²) in [4.78, 5) is 51.6. The summed E-state index contributed by atoms with van der Waals surface area (Å²) in [6.45, 7) is 7.99. The van der Waals surface area contributed by atoms with Crippen LogP contribution in [0.5, 0.6) is 0 Å². The molecule has 0 saturated carbocycles. The lowest BCUT2D eigenvalue weighted by atomic mass is 9.49. The SMILES string of the molecule is C=CC(=O)OCCOC12c3ccccc3C(OCCOC(=O)C=C)(c3ccc(C)cc31)C(C(=O)Nc1ccccc1)C2C(=O)O. The smallest absolute Gasteiger partial charge is 0.330 e. The number of para-hydroxylation sites is 1. The number of carboxylic acids is 1. The third-order valence-electron chi connectivity index (χ3n) is 8.15. The van der Waals surface area contributed by atoms with Gasteiger partial charge in [-0.25, -0.2) is 9.59 Å². The molecule has 0 fully saturated rings. The second-order valence-electron chi connectivity index (χ2n) is 10.7. The van der Waals surface area contributed by atoms with Gasteiger partial charge in [0.1, 0.15) is 30.3 Å². The Labute approximate surface area is 260 Å². The standard InChI is InChI=1S/C35H33NO9/c1-4-28(37)42-17-19-44-34-24-13-9-10-14-25(24)35(45-20-18-43-29(38)5-2,27-21-22(3)15-16-26(27)34)31(33(40)41)30(34)32(39)36-23-11-7-6-8-12-23/h4-16,21,30-31H,1-2,17-20H2,3H3,(H,36,39)(H,40,41). The number of nitrogens with one attached hydrogen (secondary N) is 1. The summed E-state index contributed by atoms with van der Waals surface area (Å²) in [6.07, 6.45) is 2.05. The normalized spacial score (nSPS) is 22.3. The minimum absolute atomic E-state index is 0.159. The van der Waals surface area contributed by atoms with E-state index in [0.717, 1.165) is 17.7 Å². The van der Waals surface area contributed by atoms with Gasteiger partial charge in [-0.1, -0.05) is 79.4 Å². The first-order chi connectivity index (χ1) is 21.7. The third-order valence-corrected chi connectivity index (χ3v) is 8.15. The van der Waals surface area contributed by atoms with Crippen LogP contribution in [0.2, 0.25) is 0 Å². The molecule has 0 radical (unpaired) electrons. The second kappa shape index (κ2) is 12.9. The maximum atomic E-state index is 14.5. The Kier molecular flexibility index (Phi) is 8.99. The molecule has 3 aliphatic carbocycles. The van der Waals surface area contributed by atoms with Crippen LogP contribution in [0.3, 0.4) is 0 Å². The van der Waals surface area contributed by atoms with Crippen molar-refractivity contribution >= 4 is 29.5 Å². The van der Waals surface area contributed by atoms with Crippen LogP contribution >= 0.6 is 0 Å². The monoisotopic (exact) mass is 611 g/mol. The summed E-state index contributed by atoms with van der Waals surface area (Å²) in [6, 6.07) is 21.3. The number of amides is 1. The fraction of sp³-hybridized carbons (Fsp3) is 0.257. The second-order valence-corrected chi connectivity index (χ2v) is 10.7. The zero-order chi connectivity index (χ0) is 32.2. The predicted octanol–water partition coefficient (Wildman–Crippen LogP) is 4.26. The van der Waals surface area contributed by atoms with Gasteiger partial charge in [0.2, 0.25) is 5.91 Å². The number of fused-ring (bicyclic) bond motifs is 1. The molecule has 6 rings (SSSR count). The topological polar surface area (TPSA) is 137 Å². The molecule has 2 bridgehead atoms. The van der Waals surface area contributed by atoms with E-state index in [2.05, 4.69) is 18.5 Å². The lowest BCUT2D eigenvalue weighted by Gasteiger charge is -2.60. The van der Waals surface area contributed by atoms with Crippen molar-refractivity contribution in [1.82, 2.24) is 0 Å². The van der Waals surface area contributed by atoms with Gasteiger partial charge in [0, 0.05) is 17.8 Å². The summed E-state index contributed by atoms with van der Waals surface area (Å²) < 4.78 is 23.6. The maximum Gasteiger partial charge on any atom is 0.330 e. The predicted molar refractivity (Wildman–Crippen MR) is 163 cm³/mol. The number of hydrogen-bond acceptors (Lipinski definition) is 8. The highest BCUT2D eigenvalue weighted by molar-refractivity contribution is 5.99. The highest BCUT2D eigenvalue weighted by Crippen LogP contribution is 2.65. The molecule has 3 aliphatic rings. The summed E-state index contributed by atoms with van der Waals surface area (Å²) in [5.41, 5.74) is 0.0661. The summed E-state index contributed by atoms with van der Waals surface area (Å²) in [5.74, 6) is -6.07. The summed E-state index contributed by atoms with van der Waals surface area (Å²) >= 11 is 0. The quantitative estimate of drug-likeness (QED) is 0.165. The van der Waals surface area contributed by atoms with Crippen LogP contribution in [-0.2, 0) is 49.3 Å². The van der Waals surface area contributed by atoms with Crippen LogP contribution < -0.4 is 5.32 Å². The Morgan fingerprint density at radius 3 is 1.78 bits per heavy atom. The Morgan fingerprint density at radius 2 is 1.24 bits per heavy atom. The van der Waals surface area contributed by atoms with Crippen LogP contribution in [0.25, 0.3) is 0 Å². The molecule has 45 heavy (non-hydrogen) atoms. The largest absolute Gasteiger partial charge is 0.481 e. The number of hydrogen-bond donors (Lipinski definition) is 2. The van der Waals surface area contributed by atoms with Gasteiger partial charge in [0.05, 0.1) is 19.1 Å². The number of anilines is 1. The molecule has 4 atom stereocenters. The van der Waals surface area contributed by atoms with Crippen molar-refractivity contribution in [3.05, 3.63) is 126 Å². The van der Waals surface area contributed by atoms with Crippen molar-refractivity contribution in [3.8, 4) is 0 Å². The fourth-order valence-electron chi connectivity index (χ4n) is 6.54. The van der Waals surface area contributed by atoms with Crippen LogP contribution in [0.15, 0.2) is 98.1 Å². The minimum atomic E-state index is -1.68. The summed E-state index contributed by atoms with van der Waals surface area (Å²) in [7, 11) is 0. The van der Waals surface area contributed by atoms with E-state index in [9.17, 15) is 24.3 Å². The van der Waals surface area contributed by atoms with E-state index >= 15 is 0 Å². The molecular formula is C35H33NO9. The highest BCUT2D eigenvalue weighted by atomic mass is 16.6. The molecule has 10 nitrogen and oxygen atoms in total. The molecule has 0 aromatic heterocycles. The molecule has 0 heterocycles. The third kappa shape index (κ3) is 5.43. The zero-order valence-corrected chi connectivity index (χ0v) is 24.7. The molecule has 4 unspecified atom stereocenters. The van der Waals surface area contributed by atoms with E-state index in [1.165, 1.54) is 0 Å². The van der Waals surface area contributed by atoms with Crippen molar-refractivity contribution in [1.29, 1.82) is 0 Å². The van der Waals surface area contributed by atoms with Crippen molar-refractivity contribution in [2.75, 3.05) is 31.7 Å². The molecule has 3 aromatic carbocycles. The molecule has 10 heteroatoms.